The van der Waals surface area contributed by atoms with Gasteiger partial charge >= 0.3 is 5.97 Å². The summed E-state index contributed by atoms with van der Waals surface area (Å²) in [4.78, 5) is 11.7. The molecule has 0 amide bonds. The van der Waals surface area contributed by atoms with Crippen LogP contribution in [0.3, 0.4) is 0 Å². The Morgan fingerprint density at radius 3 is 2.64 bits per heavy atom. The van der Waals surface area contributed by atoms with E-state index < -0.39 is 29.0 Å². The average Bonchev–Trinajstić information content (AvgIpc) is 2.82. The Balaban J connectivity index is 2.19. The second-order valence-corrected chi connectivity index (χ2v) is 5.77. The van der Waals surface area contributed by atoms with Crippen LogP contribution in [0.4, 0.5) is 8.78 Å². The number of aromatic nitrogens is 2. The molecule has 0 atom stereocenters. The highest BCUT2D eigenvalue weighted by molar-refractivity contribution is 5.70. The van der Waals surface area contributed by atoms with Gasteiger partial charge in [-0.05, 0) is 32.9 Å². The van der Waals surface area contributed by atoms with E-state index in [1.54, 1.807) is 20.8 Å². The molecule has 5 nitrogen and oxygen atoms in total. The van der Waals surface area contributed by atoms with Crippen molar-refractivity contribution in [3.63, 3.8) is 0 Å². The Kier molecular flexibility index (Phi) is 4.16. The Bertz CT molecular complexity index is 705. The van der Waals surface area contributed by atoms with Gasteiger partial charge in [-0.25, -0.2) is 4.39 Å². The number of phenolic OH excluding ortho intramolecular Hbond substituents is 1. The van der Waals surface area contributed by atoms with E-state index in [1.165, 1.54) is 23.1 Å². The molecule has 7 heteroatoms. The number of carbonyl (C=O) groups excluding carboxylic acids is 1. The summed E-state index contributed by atoms with van der Waals surface area (Å²) in [5, 5.41) is 13.0. The van der Waals surface area contributed by atoms with Crippen molar-refractivity contribution < 1.29 is 23.4 Å². The van der Waals surface area contributed by atoms with E-state index in [4.69, 9.17) is 9.84 Å². The minimum Gasteiger partial charge on any atom is -0.505 e. The molecule has 2 aromatic rings. The summed E-state index contributed by atoms with van der Waals surface area (Å²) in [6.45, 7) is 5.09. The number of nitrogens with zero attached hydrogens (tertiary/aromatic N) is 2. The van der Waals surface area contributed by atoms with Gasteiger partial charge in [0.25, 0.3) is 0 Å². The number of carbonyl (C=O) groups is 1. The van der Waals surface area contributed by atoms with Gasteiger partial charge in [-0.3, -0.25) is 9.48 Å². The van der Waals surface area contributed by atoms with Crippen LogP contribution in [-0.4, -0.2) is 26.5 Å². The van der Waals surface area contributed by atoms with E-state index in [0.29, 0.717) is 5.56 Å². The van der Waals surface area contributed by atoms with E-state index >= 15 is 0 Å². The van der Waals surface area contributed by atoms with Gasteiger partial charge in [-0.1, -0.05) is 0 Å². The number of rotatable bonds is 3. The fourth-order valence-corrected chi connectivity index (χ4v) is 1.86. The van der Waals surface area contributed by atoms with E-state index in [2.05, 4.69) is 5.10 Å². The van der Waals surface area contributed by atoms with Gasteiger partial charge in [-0.15, -0.1) is 0 Å². The molecule has 1 aromatic carbocycles. The van der Waals surface area contributed by atoms with E-state index in [0.717, 1.165) is 6.07 Å². The van der Waals surface area contributed by atoms with Crippen LogP contribution in [0.1, 0.15) is 20.8 Å². The van der Waals surface area contributed by atoms with Crippen molar-refractivity contribution in [2.75, 3.05) is 0 Å². The second kappa shape index (κ2) is 5.75. The molecule has 0 spiro atoms. The van der Waals surface area contributed by atoms with Crippen molar-refractivity contribution in [3.8, 4) is 16.9 Å². The van der Waals surface area contributed by atoms with Crippen LogP contribution in [0, 0.1) is 11.6 Å². The van der Waals surface area contributed by atoms with Crippen LogP contribution < -0.4 is 0 Å². The largest absolute Gasteiger partial charge is 0.505 e. The molecule has 0 radical (unpaired) electrons. The first-order valence-electron chi connectivity index (χ1n) is 6.59. The molecule has 0 fully saturated rings. The number of benzene rings is 1. The van der Waals surface area contributed by atoms with Crippen molar-refractivity contribution in [2.45, 2.75) is 32.9 Å². The summed E-state index contributed by atoms with van der Waals surface area (Å²) < 4.78 is 33.6. The van der Waals surface area contributed by atoms with Crippen molar-refractivity contribution in [1.82, 2.24) is 9.78 Å². The highest BCUT2D eigenvalue weighted by Gasteiger charge is 2.18. The number of hydrogen-bond acceptors (Lipinski definition) is 4. The van der Waals surface area contributed by atoms with Gasteiger partial charge in [0, 0.05) is 17.3 Å². The Hall–Kier alpha value is -2.44. The zero-order chi connectivity index (χ0) is 16.5. The first-order chi connectivity index (χ1) is 10.2. The molecule has 118 valence electrons. The van der Waals surface area contributed by atoms with Crippen molar-refractivity contribution in [3.05, 3.63) is 36.2 Å². The molecule has 1 aromatic heterocycles. The van der Waals surface area contributed by atoms with Crippen molar-refractivity contribution in [1.29, 1.82) is 0 Å². The maximum Gasteiger partial charge on any atom is 0.328 e. The topological polar surface area (TPSA) is 64.3 Å². The predicted molar refractivity (Wildman–Crippen MR) is 75.1 cm³/mol. The molecule has 22 heavy (non-hydrogen) atoms. The highest BCUT2D eigenvalue weighted by Crippen LogP contribution is 2.28. The quantitative estimate of drug-likeness (QED) is 0.885. The number of halogens is 2. The normalized spacial score (nSPS) is 11.5. The summed E-state index contributed by atoms with van der Waals surface area (Å²) in [5.41, 5.74) is -0.370. The lowest BCUT2D eigenvalue weighted by atomic mass is 10.1. The number of ether oxygens (including phenoxy) is 1. The molecular formula is C15H16F2N2O3. The first-order valence-corrected chi connectivity index (χ1v) is 6.59. The third-order valence-electron chi connectivity index (χ3n) is 2.72. The highest BCUT2D eigenvalue weighted by atomic mass is 19.2. The molecule has 0 saturated carbocycles. The molecule has 1 N–H and O–H groups in total. The van der Waals surface area contributed by atoms with Gasteiger partial charge in [0.1, 0.15) is 12.1 Å². The number of aromatic hydroxyl groups is 1. The zero-order valence-electron chi connectivity index (χ0n) is 12.4. The van der Waals surface area contributed by atoms with Gasteiger partial charge in [0.05, 0.1) is 6.20 Å². The van der Waals surface area contributed by atoms with E-state index in [1.807, 2.05) is 0 Å². The maximum atomic E-state index is 13.8. The zero-order valence-corrected chi connectivity index (χ0v) is 12.4. The lowest BCUT2D eigenvalue weighted by Crippen LogP contribution is -2.26. The van der Waals surface area contributed by atoms with Gasteiger partial charge in [0.15, 0.2) is 11.6 Å². The number of esters is 1. The van der Waals surface area contributed by atoms with Crippen LogP contribution in [-0.2, 0) is 16.1 Å². The van der Waals surface area contributed by atoms with Gasteiger partial charge < -0.3 is 9.84 Å². The Morgan fingerprint density at radius 2 is 2.00 bits per heavy atom. The molecule has 0 aliphatic carbocycles. The molecule has 1 heterocycles. The SMILES string of the molecule is CC(C)(C)OC(=O)Cn1cc(-c2ccc(O)c(F)c2F)cn1. The molecule has 0 aliphatic heterocycles. The lowest BCUT2D eigenvalue weighted by Gasteiger charge is -2.19. The van der Waals surface area contributed by atoms with E-state index in [9.17, 15) is 13.6 Å². The minimum atomic E-state index is -1.32. The molecule has 0 unspecified atom stereocenters. The monoisotopic (exact) mass is 310 g/mol. The van der Waals surface area contributed by atoms with E-state index in [-0.39, 0.29) is 12.1 Å². The minimum absolute atomic E-state index is 0.0502. The summed E-state index contributed by atoms with van der Waals surface area (Å²) in [6.07, 6.45) is 2.71. The summed E-state index contributed by atoms with van der Waals surface area (Å²) >= 11 is 0. The van der Waals surface area contributed by atoms with Crippen LogP contribution in [0.2, 0.25) is 0 Å². The fraction of sp³-hybridized carbons (Fsp3) is 0.333. The Morgan fingerprint density at radius 1 is 1.32 bits per heavy atom. The fourth-order valence-electron chi connectivity index (χ4n) is 1.86. The van der Waals surface area contributed by atoms with Crippen LogP contribution in [0.5, 0.6) is 5.75 Å². The van der Waals surface area contributed by atoms with Crippen LogP contribution in [0.15, 0.2) is 24.5 Å². The maximum absolute atomic E-state index is 13.8. The van der Waals surface area contributed by atoms with Gasteiger partial charge in [-0.2, -0.15) is 9.49 Å². The Labute approximate surface area is 126 Å². The number of phenols is 1. The first kappa shape index (κ1) is 15.9. The lowest BCUT2D eigenvalue weighted by molar-refractivity contribution is -0.155. The molecule has 2 rings (SSSR count). The number of hydrogen-bond donors (Lipinski definition) is 1. The summed E-state index contributed by atoms with van der Waals surface area (Å²) in [7, 11) is 0. The molecule has 0 bridgehead atoms. The van der Waals surface area contributed by atoms with Crippen LogP contribution in [0.25, 0.3) is 11.1 Å². The van der Waals surface area contributed by atoms with Crippen molar-refractivity contribution >= 4 is 5.97 Å². The third-order valence-corrected chi connectivity index (χ3v) is 2.72. The molecular weight excluding hydrogens is 294 g/mol. The van der Waals surface area contributed by atoms with Crippen LogP contribution >= 0.6 is 0 Å². The predicted octanol–water partition coefficient (Wildman–Crippen LogP) is 2.88. The summed E-state index contributed by atoms with van der Waals surface area (Å²) in [6, 6.07) is 2.29. The molecule has 0 saturated heterocycles. The third kappa shape index (κ3) is 3.60. The smallest absolute Gasteiger partial charge is 0.328 e. The average molecular weight is 310 g/mol. The summed E-state index contributed by atoms with van der Waals surface area (Å²) in [5.74, 6) is -3.74. The molecule has 0 aliphatic rings. The standard InChI is InChI=1S/C15H16F2N2O3/c1-15(2,3)22-12(21)8-19-7-9(6-18-19)10-4-5-11(20)14(17)13(10)16/h4-7,20H,8H2,1-3H3. The van der Waals surface area contributed by atoms with Crippen molar-refractivity contribution in [2.24, 2.45) is 0 Å². The van der Waals surface area contributed by atoms with Gasteiger partial charge in [0.2, 0.25) is 5.82 Å². The second-order valence-electron chi connectivity index (χ2n) is 5.77.